The summed E-state index contributed by atoms with van der Waals surface area (Å²) in [5.74, 6) is -0.317. The van der Waals surface area contributed by atoms with Crippen molar-refractivity contribution in [2.24, 2.45) is 0 Å². The fourth-order valence-corrected chi connectivity index (χ4v) is 4.21. The van der Waals surface area contributed by atoms with Gasteiger partial charge in [0.25, 0.3) is 5.91 Å². The van der Waals surface area contributed by atoms with Crippen LogP contribution in [0.15, 0.2) is 54.7 Å². The number of carbonyl (C=O) groups is 1. The number of thiophene rings is 1. The molecule has 0 aliphatic carbocycles. The predicted octanol–water partition coefficient (Wildman–Crippen LogP) is 4.24. The van der Waals surface area contributed by atoms with Gasteiger partial charge in [0, 0.05) is 37.3 Å². The number of hydrogen-bond donors (Lipinski definition) is 0. The molecule has 0 aliphatic heterocycles. The van der Waals surface area contributed by atoms with E-state index in [9.17, 15) is 9.18 Å². The first-order chi connectivity index (χ1) is 13.5. The summed E-state index contributed by atoms with van der Waals surface area (Å²) < 4.78 is 15.0. The van der Waals surface area contributed by atoms with Gasteiger partial charge in [-0.2, -0.15) is 5.10 Å². The van der Waals surface area contributed by atoms with Crippen molar-refractivity contribution in [3.8, 4) is 5.69 Å². The molecule has 5 nitrogen and oxygen atoms in total. The number of rotatable bonds is 5. The number of halogens is 1. The molecule has 4 rings (SSSR count). The number of hydrogen-bond acceptors (Lipinski definition) is 4. The second kappa shape index (κ2) is 7.52. The third-order valence-corrected chi connectivity index (χ3v) is 5.70. The Morgan fingerprint density at radius 1 is 1.21 bits per heavy atom. The van der Waals surface area contributed by atoms with E-state index < -0.39 is 0 Å². The van der Waals surface area contributed by atoms with E-state index in [2.05, 4.69) is 10.1 Å². The zero-order valence-electron chi connectivity index (χ0n) is 15.6. The summed E-state index contributed by atoms with van der Waals surface area (Å²) in [5, 5.41) is 5.48. The van der Waals surface area contributed by atoms with E-state index in [0.717, 1.165) is 27.3 Å². The monoisotopic (exact) mass is 394 g/mol. The Morgan fingerprint density at radius 2 is 2.00 bits per heavy atom. The van der Waals surface area contributed by atoms with Crippen LogP contribution >= 0.6 is 11.3 Å². The fourth-order valence-electron chi connectivity index (χ4n) is 3.03. The summed E-state index contributed by atoms with van der Waals surface area (Å²) in [7, 11) is 1.80. The molecule has 4 aromatic rings. The first-order valence-corrected chi connectivity index (χ1v) is 9.75. The number of fused-ring (bicyclic) bond motifs is 1. The number of aromatic nitrogens is 3. The SMILES string of the molecule is Cc1nn(-c2ccc(F)cc2)c2sc(C(=O)N(C)CCc3ccccn3)cc12. The molecule has 0 saturated heterocycles. The van der Waals surface area contributed by atoms with Gasteiger partial charge in [0.05, 0.1) is 16.3 Å². The van der Waals surface area contributed by atoms with Gasteiger partial charge in [0.2, 0.25) is 0 Å². The van der Waals surface area contributed by atoms with Crippen LogP contribution in [-0.2, 0) is 6.42 Å². The summed E-state index contributed by atoms with van der Waals surface area (Å²) in [4.78, 5) is 20.4. The molecule has 0 bridgehead atoms. The third kappa shape index (κ3) is 3.53. The molecule has 0 unspecified atom stereocenters. The number of nitrogens with zero attached hydrogens (tertiary/aromatic N) is 4. The Balaban J connectivity index is 1.58. The number of likely N-dealkylation sites (N-methyl/N-ethyl adjacent to an activating group) is 1. The molecule has 3 aromatic heterocycles. The second-order valence-corrected chi connectivity index (χ2v) is 7.63. The first-order valence-electron chi connectivity index (χ1n) is 8.93. The highest BCUT2D eigenvalue weighted by atomic mass is 32.1. The zero-order chi connectivity index (χ0) is 19.7. The average Bonchev–Trinajstić information content (AvgIpc) is 3.28. The lowest BCUT2D eigenvalue weighted by Gasteiger charge is -2.15. The van der Waals surface area contributed by atoms with Crippen LogP contribution in [0.5, 0.6) is 0 Å². The number of amides is 1. The van der Waals surface area contributed by atoms with Crippen LogP contribution in [-0.4, -0.2) is 39.2 Å². The fraction of sp³-hybridized carbons (Fsp3) is 0.190. The van der Waals surface area contributed by atoms with Crippen LogP contribution in [0.2, 0.25) is 0 Å². The number of pyridine rings is 1. The summed E-state index contributed by atoms with van der Waals surface area (Å²) >= 11 is 1.40. The quantitative estimate of drug-likeness (QED) is 0.509. The lowest BCUT2D eigenvalue weighted by Crippen LogP contribution is -2.28. The minimum atomic E-state index is -0.291. The molecule has 1 amide bonds. The van der Waals surface area contributed by atoms with Gasteiger partial charge in [-0.15, -0.1) is 11.3 Å². The van der Waals surface area contributed by atoms with Crippen LogP contribution in [0, 0.1) is 12.7 Å². The molecule has 7 heteroatoms. The second-order valence-electron chi connectivity index (χ2n) is 6.60. The molecule has 0 saturated carbocycles. The highest BCUT2D eigenvalue weighted by Crippen LogP contribution is 2.31. The standard InChI is InChI=1S/C21H19FN4OS/c1-14-18-13-19(20(27)25(2)12-10-16-5-3-4-11-23-16)28-21(18)26(24-14)17-8-6-15(22)7-9-17/h3-9,11,13H,10,12H2,1-2H3. The molecule has 0 spiro atoms. The number of benzene rings is 1. The maximum Gasteiger partial charge on any atom is 0.263 e. The minimum absolute atomic E-state index is 0.0258. The smallest absolute Gasteiger partial charge is 0.263 e. The maximum absolute atomic E-state index is 13.2. The summed E-state index contributed by atoms with van der Waals surface area (Å²) in [6.07, 6.45) is 2.46. The van der Waals surface area contributed by atoms with Gasteiger partial charge in [-0.3, -0.25) is 9.78 Å². The lowest BCUT2D eigenvalue weighted by atomic mass is 10.2. The molecule has 0 fully saturated rings. The molecule has 1 aromatic carbocycles. The van der Waals surface area contributed by atoms with E-state index in [4.69, 9.17) is 0 Å². The Hall–Kier alpha value is -3.06. The molecule has 3 heterocycles. The van der Waals surface area contributed by atoms with Gasteiger partial charge in [-0.25, -0.2) is 9.07 Å². The molecule has 0 N–H and O–H groups in total. The van der Waals surface area contributed by atoms with Crippen LogP contribution in [0.25, 0.3) is 15.9 Å². The molecular formula is C21H19FN4OS. The first kappa shape index (κ1) is 18.3. The van der Waals surface area contributed by atoms with Gasteiger partial charge in [-0.1, -0.05) is 6.07 Å². The van der Waals surface area contributed by atoms with Gasteiger partial charge in [0.15, 0.2) is 0 Å². The van der Waals surface area contributed by atoms with E-state index in [0.29, 0.717) is 17.8 Å². The van der Waals surface area contributed by atoms with E-state index in [1.807, 2.05) is 31.2 Å². The van der Waals surface area contributed by atoms with Gasteiger partial charge >= 0.3 is 0 Å². The predicted molar refractivity (Wildman–Crippen MR) is 109 cm³/mol. The van der Waals surface area contributed by atoms with Gasteiger partial charge in [0.1, 0.15) is 10.6 Å². The summed E-state index contributed by atoms with van der Waals surface area (Å²) in [6.45, 7) is 2.50. The van der Waals surface area contributed by atoms with Crippen molar-refractivity contribution in [2.75, 3.05) is 13.6 Å². The van der Waals surface area contributed by atoms with Crippen LogP contribution in [0.1, 0.15) is 21.1 Å². The van der Waals surface area contributed by atoms with Crippen molar-refractivity contribution >= 4 is 27.5 Å². The zero-order valence-corrected chi connectivity index (χ0v) is 16.4. The van der Waals surface area contributed by atoms with E-state index in [-0.39, 0.29) is 11.7 Å². The average molecular weight is 394 g/mol. The van der Waals surface area contributed by atoms with Crippen molar-refractivity contribution < 1.29 is 9.18 Å². The van der Waals surface area contributed by atoms with Gasteiger partial charge in [-0.05, 0) is 49.4 Å². The topological polar surface area (TPSA) is 51.0 Å². The van der Waals surface area contributed by atoms with Crippen molar-refractivity contribution in [1.29, 1.82) is 0 Å². The Kier molecular flexibility index (Phi) is 4.92. The highest BCUT2D eigenvalue weighted by Gasteiger charge is 2.19. The Morgan fingerprint density at radius 3 is 2.71 bits per heavy atom. The Labute approximate surface area is 166 Å². The normalized spacial score (nSPS) is 11.1. The molecule has 0 radical (unpaired) electrons. The molecule has 0 aliphatic rings. The van der Waals surface area contributed by atoms with E-state index >= 15 is 0 Å². The molecule has 142 valence electrons. The van der Waals surface area contributed by atoms with Gasteiger partial charge < -0.3 is 4.90 Å². The summed E-state index contributed by atoms with van der Waals surface area (Å²) in [5.41, 5.74) is 2.57. The molecule has 28 heavy (non-hydrogen) atoms. The van der Waals surface area contributed by atoms with Crippen molar-refractivity contribution in [1.82, 2.24) is 19.7 Å². The largest absolute Gasteiger partial charge is 0.341 e. The van der Waals surface area contributed by atoms with Crippen molar-refractivity contribution in [2.45, 2.75) is 13.3 Å². The van der Waals surface area contributed by atoms with E-state index in [1.54, 1.807) is 35.0 Å². The van der Waals surface area contributed by atoms with Crippen LogP contribution < -0.4 is 0 Å². The summed E-state index contributed by atoms with van der Waals surface area (Å²) in [6, 6.07) is 13.8. The third-order valence-electron chi connectivity index (χ3n) is 4.60. The van der Waals surface area contributed by atoms with Crippen molar-refractivity contribution in [3.05, 3.63) is 76.8 Å². The number of aryl methyl sites for hydroxylation is 1. The minimum Gasteiger partial charge on any atom is -0.341 e. The lowest BCUT2D eigenvalue weighted by molar-refractivity contribution is 0.0801. The van der Waals surface area contributed by atoms with Crippen LogP contribution in [0.3, 0.4) is 0 Å². The number of carbonyl (C=O) groups excluding carboxylic acids is 1. The van der Waals surface area contributed by atoms with Crippen molar-refractivity contribution in [3.63, 3.8) is 0 Å². The Bertz CT molecular complexity index is 1120. The molecular weight excluding hydrogens is 375 g/mol. The maximum atomic E-state index is 13.2. The highest BCUT2D eigenvalue weighted by molar-refractivity contribution is 7.20. The van der Waals surface area contributed by atoms with E-state index in [1.165, 1.54) is 23.5 Å². The van der Waals surface area contributed by atoms with Crippen LogP contribution in [0.4, 0.5) is 4.39 Å². The molecule has 0 atom stereocenters.